The Balaban J connectivity index is 3.76. The molecule has 0 radical (unpaired) electrons. The van der Waals surface area contributed by atoms with Crippen LogP contribution in [-0.2, 0) is 14.3 Å². The van der Waals surface area contributed by atoms with E-state index in [1.807, 2.05) is 13.8 Å². The molecule has 0 aliphatic carbocycles. The van der Waals surface area contributed by atoms with Gasteiger partial charge in [-0.2, -0.15) is 0 Å². The van der Waals surface area contributed by atoms with Crippen molar-refractivity contribution in [3.05, 3.63) is 12.2 Å². The summed E-state index contributed by atoms with van der Waals surface area (Å²) in [7, 11) is 0. The molecule has 0 bridgehead atoms. The van der Waals surface area contributed by atoms with Gasteiger partial charge in [0.2, 0.25) is 0 Å². The van der Waals surface area contributed by atoms with Gasteiger partial charge < -0.3 is 9.47 Å². The lowest BCUT2D eigenvalue weighted by Gasteiger charge is -2.12. The van der Waals surface area contributed by atoms with Gasteiger partial charge in [0, 0.05) is 12.2 Å². The van der Waals surface area contributed by atoms with Crippen LogP contribution in [0.5, 0.6) is 0 Å². The molecule has 3 nitrogen and oxygen atoms in total. The Morgan fingerprint density at radius 3 is 2.50 bits per heavy atom. The van der Waals surface area contributed by atoms with Crippen molar-refractivity contribution in [2.24, 2.45) is 0 Å². The molecule has 1 atom stereocenters. The van der Waals surface area contributed by atoms with E-state index in [0.717, 1.165) is 0 Å². The van der Waals surface area contributed by atoms with Gasteiger partial charge in [-0.1, -0.05) is 13.5 Å². The average Bonchev–Trinajstić information content (AvgIpc) is 2.03. The molecule has 70 valence electrons. The van der Waals surface area contributed by atoms with Gasteiger partial charge in [0.05, 0.1) is 0 Å². The van der Waals surface area contributed by atoms with E-state index in [-0.39, 0.29) is 5.97 Å². The van der Waals surface area contributed by atoms with E-state index >= 15 is 0 Å². The lowest BCUT2D eigenvalue weighted by molar-refractivity contribution is -0.169. The molecule has 3 heteroatoms. The van der Waals surface area contributed by atoms with Crippen LogP contribution in [0.2, 0.25) is 0 Å². The summed E-state index contributed by atoms with van der Waals surface area (Å²) in [6.45, 7) is 9.48. The number of ether oxygens (including phenoxy) is 2. The van der Waals surface area contributed by atoms with Crippen molar-refractivity contribution >= 4 is 5.97 Å². The molecule has 0 saturated heterocycles. The van der Waals surface area contributed by atoms with Gasteiger partial charge >= 0.3 is 5.97 Å². The SMILES string of the molecule is C=C(CC)C(=O)OC(C)OCC. The fourth-order valence-electron chi connectivity index (χ4n) is 0.647. The quantitative estimate of drug-likeness (QED) is 0.361. The van der Waals surface area contributed by atoms with E-state index in [9.17, 15) is 4.79 Å². The monoisotopic (exact) mass is 172 g/mol. The normalized spacial score (nSPS) is 12.2. The van der Waals surface area contributed by atoms with Crippen LogP contribution in [0.4, 0.5) is 0 Å². The van der Waals surface area contributed by atoms with Crippen LogP contribution < -0.4 is 0 Å². The summed E-state index contributed by atoms with van der Waals surface area (Å²) < 4.78 is 9.91. The maximum Gasteiger partial charge on any atom is 0.335 e. The Kier molecular flexibility index (Phi) is 5.37. The van der Waals surface area contributed by atoms with Crippen LogP contribution in [0.3, 0.4) is 0 Å². The Morgan fingerprint density at radius 1 is 1.50 bits per heavy atom. The van der Waals surface area contributed by atoms with Gasteiger partial charge in [0.25, 0.3) is 0 Å². The Hall–Kier alpha value is -0.830. The number of carbonyl (C=O) groups excluding carboxylic acids is 1. The maximum absolute atomic E-state index is 11.1. The van der Waals surface area contributed by atoms with Gasteiger partial charge in [-0.05, 0) is 20.3 Å². The third kappa shape index (κ3) is 4.13. The predicted molar refractivity (Wildman–Crippen MR) is 46.6 cm³/mol. The van der Waals surface area contributed by atoms with Crippen molar-refractivity contribution in [1.29, 1.82) is 0 Å². The number of carbonyl (C=O) groups is 1. The smallest absolute Gasteiger partial charge is 0.335 e. The first-order chi connectivity index (χ1) is 5.61. The average molecular weight is 172 g/mol. The number of rotatable bonds is 5. The highest BCUT2D eigenvalue weighted by molar-refractivity contribution is 5.87. The zero-order valence-electron chi connectivity index (χ0n) is 7.92. The summed E-state index contributed by atoms with van der Waals surface area (Å²) in [5, 5.41) is 0. The largest absolute Gasteiger partial charge is 0.433 e. The summed E-state index contributed by atoms with van der Waals surface area (Å²) >= 11 is 0. The van der Waals surface area contributed by atoms with Crippen LogP contribution >= 0.6 is 0 Å². The maximum atomic E-state index is 11.1. The first-order valence-corrected chi connectivity index (χ1v) is 4.12. The van der Waals surface area contributed by atoms with Gasteiger partial charge in [-0.3, -0.25) is 0 Å². The molecule has 0 aliphatic rings. The predicted octanol–water partition coefficient (Wildman–Crippen LogP) is 1.88. The molecule has 0 heterocycles. The van der Waals surface area contributed by atoms with E-state index in [2.05, 4.69) is 6.58 Å². The van der Waals surface area contributed by atoms with Crippen molar-refractivity contribution in [1.82, 2.24) is 0 Å². The summed E-state index contributed by atoms with van der Waals surface area (Å²) in [4.78, 5) is 11.1. The van der Waals surface area contributed by atoms with Gasteiger partial charge in [-0.15, -0.1) is 0 Å². The van der Waals surface area contributed by atoms with Gasteiger partial charge in [0.1, 0.15) is 0 Å². The van der Waals surface area contributed by atoms with Crippen molar-refractivity contribution in [3.8, 4) is 0 Å². The summed E-state index contributed by atoms with van der Waals surface area (Å²) in [6, 6.07) is 0. The highest BCUT2D eigenvalue weighted by Gasteiger charge is 2.10. The zero-order valence-corrected chi connectivity index (χ0v) is 7.92. The van der Waals surface area contributed by atoms with E-state index < -0.39 is 6.29 Å². The highest BCUT2D eigenvalue weighted by atomic mass is 16.7. The lowest BCUT2D eigenvalue weighted by Crippen LogP contribution is -2.18. The summed E-state index contributed by atoms with van der Waals surface area (Å²) in [6.07, 6.45) is 0.128. The Labute approximate surface area is 73.4 Å². The molecule has 1 unspecified atom stereocenters. The molecule has 0 amide bonds. The highest BCUT2D eigenvalue weighted by Crippen LogP contribution is 2.03. The van der Waals surface area contributed by atoms with Crippen molar-refractivity contribution < 1.29 is 14.3 Å². The van der Waals surface area contributed by atoms with E-state index in [1.165, 1.54) is 0 Å². The van der Waals surface area contributed by atoms with Crippen molar-refractivity contribution in [2.45, 2.75) is 33.5 Å². The lowest BCUT2D eigenvalue weighted by atomic mass is 10.2. The Bertz CT molecular complexity index is 163. The molecule has 0 rings (SSSR count). The second-order valence-electron chi connectivity index (χ2n) is 2.39. The molecule has 0 saturated carbocycles. The van der Waals surface area contributed by atoms with Crippen molar-refractivity contribution in [3.63, 3.8) is 0 Å². The molecule has 12 heavy (non-hydrogen) atoms. The van der Waals surface area contributed by atoms with Crippen LogP contribution in [0.25, 0.3) is 0 Å². The second kappa shape index (κ2) is 5.77. The number of hydrogen-bond acceptors (Lipinski definition) is 3. The van der Waals surface area contributed by atoms with Crippen LogP contribution in [0.15, 0.2) is 12.2 Å². The van der Waals surface area contributed by atoms with E-state index in [0.29, 0.717) is 18.6 Å². The van der Waals surface area contributed by atoms with Crippen LogP contribution in [0, 0.1) is 0 Å². The standard InChI is InChI=1S/C9H16O3/c1-5-7(3)9(10)12-8(4)11-6-2/h8H,3,5-6H2,1-2,4H3. The number of hydrogen-bond donors (Lipinski definition) is 0. The van der Waals surface area contributed by atoms with E-state index in [1.54, 1.807) is 6.92 Å². The molecule has 0 aromatic carbocycles. The molecule has 0 aromatic heterocycles. The fourth-order valence-corrected chi connectivity index (χ4v) is 0.647. The zero-order chi connectivity index (χ0) is 9.56. The first kappa shape index (κ1) is 11.2. The summed E-state index contributed by atoms with van der Waals surface area (Å²) in [5.41, 5.74) is 0.474. The van der Waals surface area contributed by atoms with Crippen LogP contribution in [0.1, 0.15) is 27.2 Å². The third-order valence-corrected chi connectivity index (χ3v) is 1.39. The molecule has 0 aromatic rings. The minimum Gasteiger partial charge on any atom is -0.433 e. The second-order valence-corrected chi connectivity index (χ2v) is 2.39. The fraction of sp³-hybridized carbons (Fsp3) is 0.667. The van der Waals surface area contributed by atoms with Gasteiger partial charge in [-0.25, -0.2) is 4.79 Å². The minimum absolute atomic E-state index is 0.376. The number of esters is 1. The summed E-state index contributed by atoms with van der Waals surface area (Å²) in [5.74, 6) is -0.376. The van der Waals surface area contributed by atoms with E-state index in [4.69, 9.17) is 9.47 Å². The molecule has 0 spiro atoms. The van der Waals surface area contributed by atoms with Crippen LogP contribution in [-0.4, -0.2) is 18.9 Å². The molecular weight excluding hydrogens is 156 g/mol. The Morgan fingerprint density at radius 2 is 2.08 bits per heavy atom. The molecule has 0 N–H and O–H groups in total. The van der Waals surface area contributed by atoms with Gasteiger partial charge in [0.15, 0.2) is 6.29 Å². The molecular formula is C9H16O3. The third-order valence-electron chi connectivity index (χ3n) is 1.39. The topological polar surface area (TPSA) is 35.5 Å². The minimum atomic E-state index is -0.481. The molecule has 0 aliphatic heterocycles. The van der Waals surface area contributed by atoms with Crippen molar-refractivity contribution in [2.75, 3.05) is 6.61 Å². The molecule has 0 fully saturated rings. The first-order valence-electron chi connectivity index (χ1n) is 4.12.